The Balaban J connectivity index is 2.36. The molecule has 0 fully saturated rings. The van der Waals surface area contributed by atoms with Gasteiger partial charge in [-0.05, 0) is 13.0 Å². The molecule has 1 heterocycles. The first-order valence-electron chi connectivity index (χ1n) is 4.14. The number of nitrogens with two attached hydrogens (primary N) is 1. The summed E-state index contributed by atoms with van der Waals surface area (Å²) in [5, 5.41) is 0. The van der Waals surface area contributed by atoms with Crippen LogP contribution in [-0.2, 0) is 0 Å². The van der Waals surface area contributed by atoms with Crippen LogP contribution in [0.25, 0.3) is 0 Å². The van der Waals surface area contributed by atoms with E-state index in [1.54, 1.807) is 0 Å². The molecule has 2 N–H and O–H groups in total. The van der Waals surface area contributed by atoms with Gasteiger partial charge in [0, 0.05) is 5.92 Å². The van der Waals surface area contributed by atoms with Crippen LogP contribution in [0.5, 0.6) is 0 Å². The Hall–Kier alpha value is -1.31. The van der Waals surface area contributed by atoms with Gasteiger partial charge in [-0.1, -0.05) is 29.9 Å². The predicted octanol–water partition coefficient (Wildman–Crippen LogP) is 1.41. The molecule has 2 unspecified atom stereocenters. The summed E-state index contributed by atoms with van der Waals surface area (Å²) in [6.07, 6.45) is 10.3. The fourth-order valence-electron chi connectivity index (χ4n) is 1.68. The van der Waals surface area contributed by atoms with E-state index in [4.69, 9.17) is 5.73 Å². The molecule has 1 aliphatic carbocycles. The van der Waals surface area contributed by atoms with E-state index in [-0.39, 0.29) is 6.04 Å². The summed E-state index contributed by atoms with van der Waals surface area (Å²) in [7, 11) is 0. The maximum atomic E-state index is 5.65. The van der Waals surface area contributed by atoms with Gasteiger partial charge in [-0.15, -0.1) is 0 Å². The highest BCUT2D eigenvalue weighted by molar-refractivity contribution is 5.93. The third kappa shape index (κ3) is 1.09. The van der Waals surface area contributed by atoms with Crippen molar-refractivity contribution in [3.63, 3.8) is 0 Å². The van der Waals surface area contributed by atoms with Gasteiger partial charge in [0.1, 0.15) is 5.84 Å². The summed E-state index contributed by atoms with van der Waals surface area (Å²) in [6.45, 7) is 2.10. The summed E-state index contributed by atoms with van der Waals surface area (Å²) in [4.78, 5) is 4.33. The highest BCUT2D eigenvalue weighted by Gasteiger charge is 2.22. The SMILES string of the molecule is CC1=CC(N)=NC2C=CC=CC12. The van der Waals surface area contributed by atoms with Gasteiger partial charge in [0.05, 0.1) is 6.04 Å². The Bertz CT molecular complexity index is 308. The first-order chi connectivity index (χ1) is 5.77. The molecule has 2 aliphatic rings. The van der Waals surface area contributed by atoms with Crippen molar-refractivity contribution in [2.24, 2.45) is 16.6 Å². The van der Waals surface area contributed by atoms with Crippen molar-refractivity contribution in [3.05, 3.63) is 36.0 Å². The maximum Gasteiger partial charge on any atom is 0.118 e. The van der Waals surface area contributed by atoms with E-state index in [0.717, 1.165) is 0 Å². The zero-order chi connectivity index (χ0) is 8.55. The van der Waals surface area contributed by atoms with Crippen LogP contribution in [0.3, 0.4) is 0 Å². The number of aliphatic imine (C=N–C) groups is 1. The Kier molecular flexibility index (Phi) is 1.61. The predicted molar refractivity (Wildman–Crippen MR) is 50.9 cm³/mol. The fourth-order valence-corrected chi connectivity index (χ4v) is 1.68. The van der Waals surface area contributed by atoms with Crippen molar-refractivity contribution in [1.82, 2.24) is 0 Å². The van der Waals surface area contributed by atoms with E-state index < -0.39 is 0 Å². The molecule has 2 heteroatoms. The van der Waals surface area contributed by atoms with Crippen LogP contribution in [0.1, 0.15) is 6.92 Å². The van der Waals surface area contributed by atoms with E-state index >= 15 is 0 Å². The van der Waals surface area contributed by atoms with Crippen LogP contribution >= 0.6 is 0 Å². The van der Waals surface area contributed by atoms with Crippen molar-refractivity contribution >= 4 is 5.84 Å². The van der Waals surface area contributed by atoms with Crippen LogP contribution in [0.4, 0.5) is 0 Å². The molecule has 1 aliphatic heterocycles. The normalized spacial score (nSPS) is 32.4. The lowest BCUT2D eigenvalue weighted by Crippen LogP contribution is -2.26. The van der Waals surface area contributed by atoms with Gasteiger partial charge < -0.3 is 5.73 Å². The Labute approximate surface area is 72.2 Å². The first kappa shape index (κ1) is 7.35. The second-order valence-electron chi connectivity index (χ2n) is 3.23. The van der Waals surface area contributed by atoms with Crippen molar-refractivity contribution in [2.75, 3.05) is 0 Å². The number of amidine groups is 1. The minimum atomic E-state index is 0.236. The molecule has 0 bridgehead atoms. The number of hydrogen-bond acceptors (Lipinski definition) is 2. The average molecular weight is 160 g/mol. The molecule has 12 heavy (non-hydrogen) atoms. The minimum absolute atomic E-state index is 0.236. The van der Waals surface area contributed by atoms with Gasteiger partial charge in [-0.2, -0.15) is 0 Å². The highest BCUT2D eigenvalue weighted by Crippen LogP contribution is 2.26. The molecule has 0 amide bonds. The molecule has 62 valence electrons. The quantitative estimate of drug-likeness (QED) is 0.571. The second kappa shape index (κ2) is 2.63. The third-order valence-electron chi connectivity index (χ3n) is 2.31. The molecule has 0 aromatic carbocycles. The highest BCUT2D eigenvalue weighted by atomic mass is 14.9. The summed E-state index contributed by atoms with van der Waals surface area (Å²) in [6, 6.07) is 0.236. The number of dihydropyridines is 1. The van der Waals surface area contributed by atoms with Crippen LogP contribution in [0, 0.1) is 5.92 Å². The number of hydrogen-bond donors (Lipinski definition) is 1. The zero-order valence-corrected chi connectivity index (χ0v) is 7.07. The summed E-state index contributed by atoms with van der Waals surface area (Å²) >= 11 is 0. The van der Waals surface area contributed by atoms with Gasteiger partial charge >= 0.3 is 0 Å². The minimum Gasteiger partial charge on any atom is -0.384 e. The smallest absolute Gasteiger partial charge is 0.118 e. The molecule has 2 rings (SSSR count). The Morgan fingerprint density at radius 1 is 1.33 bits per heavy atom. The van der Waals surface area contributed by atoms with Gasteiger partial charge in [-0.3, -0.25) is 4.99 Å². The molecule has 2 nitrogen and oxygen atoms in total. The molecule has 0 radical (unpaired) electrons. The van der Waals surface area contributed by atoms with E-state index in [1.807, 2.05) is 12.2 Å². The van der Waals surface area contributed by atoms with Gasteiger partial charge in [0.2, 0.25) is 0 Å². The molecule has 0 spiro atoms. The number of fused-ring (bicyclic) bond motifs is 1. The summed E-state index contributed by atoms with van der Waals surface area (Å²) in [5.74, 6) is 1.08. The van der Waals surface area contributed by atoms with Crippen molar-refractivity contribution in [3.8, 4) is 0 Å². The molecular formula is C10H12N2. The van der Waals surface area contributed by atoms with Gasteiger partial charge in [0.25, 0.3) is 0 Å². The van der Waals surface area contributed by atoms with Crippen LogP contribution in [0.2, 0.25) is 0 Å². The van der Waals surface area contributed by atoms with Crippen molar-refractivity contribution in [1.29, 1.82) is 0 Å². The molecule has 2 atom stereocenters. The lowest BCUT2D eigenvalue weighted by molar-refractivity contribution is 0.643. The van der Waals surface area contributed by atoms with Gasteiger partial charge in [0.15, 0.2) is 0 Å². The second-order valence-corrected chi connectivity index (χ2v) is 3.23. The molecule has 0 saturated heterocycles. The Morgan fingerprint density at radius 2 is 2.08 bits per heavy atom. The lowest BCUT2D eigenvalue weighted by Gasteiger charge is -2.25. The average Bonchev–Trinajstić information content (AvgIpc) is 2.04. The van der Waals surface area contributed by atoms with E-state index in [9.17, 15) is 0 Å². The largest absolute Gasteiger partial charge is 0.384 e. The topological polar surface area (TPSA) is 38.4 Å². The Morgan fingerprint density at radius 3 is 2.92 bits per heavy atom. The van der Waals surface area contributed by atoms with Crippen LogP contribution in [0.15, 0.2) is 40.9 Å². The maximum absolute atomic E-state index is 5.65. The van der Waals surface area contributed by atoms with Crippen molar-refractivity contribution in [2.45, 2.75) is 13.0 Å². The van der Waals surface area contributed by atoms with Crippen molar-refractivity contribution < 1.29 is 0 Å². The monoisotopic (exact) mass is 160 g/mol. The number of nitrogens with zero attached hydrogens (tertiary/aromatic N) is 1. The lowest BCUT2D eigenvalue weighted by atomic mass is 9.87. The fraction of sp³-hybridized carbons (Fsp3) is 0.300. The number of rotatable bonds is 0. The van der Waals surface area contributed by atoms with E-state index in [0.29, 0.717) is 11.8 Å². The summed E-state index contributed by atoms with van der Waals surface area (Å²) in [5.41, 5.74) is 6.95. The summed E-state index contributed by atoms with van der Waals surface area (Å²) < 4.78 is 0. The standard InChI is InChI=1S/C10H12N2/c1-7-6-10(11)12-9-5-3-2-4-8(7)9/h2-6,8-9H,1H3,(H2,11,12). The number of allylic oxidation sites excluding steroid dienone is 2. The molecule has 0 aromatic heterocycles. The first-order valence-corrected chi connectivity index (χ1v) is 4.14. The van der Waals surface area contributed by atoms with Crippen LogP contribution < -0.4 is 5.73 Å². The molecule has 0 aromatic rings. The van der Waals surface area contributed by atoms with Crippen LogP contribution in [-0.4, -0.2) is 11.9 Å². The van der Waals surface area contributed by atoms with E-state index in [2.05, 4.69) is 30.1 Å². The van der Waals surface area contributed by atoms with E-state index in [1.165, 1.54) is 5.57 Å². The zero-order valence-electron chi connectivity index (χ0n) is 7.07. The molecule has 0 saturated carbocycles. The van der Waals surface area contributed by atoms with Gasteiger partial charge in [-0.25, -0.2) is 0 Å². The third-order valence-corrected chi connectivity index (χ3v) is 2.31. The molecular weight excluding hydrogens is 148 g/mol.